The van der Waals surface area contributed by atoms with Crippen molar-refractivity contribution < 1.29 is 0 Å². The zero-order valence-corrected chi connectivity index (χ0v) is 11.2. The quantitative estimate of drug-likeness (QED) is 0.663. The first kappa shape index (κ1) is 12.8. The lowest BCUT2D eigenvalue weighted by Gasteiger charge is -2.06. The number of aliphatic imine (C=N–C) groups is 1. The van der Waals surface area contributed by atoms with Crippen LogP contribution in [0.2, 0.25) is 5.02 Å². The third kappa shape index (κ3) is 3.21. The number of hydrogen-bond donors (Lipinski definition) is 0. The highest BCUT2D eigenvalue weighted by Gasteiger charge is 2.04. The number of para-hydroxylation sites is 1. The summed E-state index contributed by atoms with van der Waals surface area (Å²) in [4.78, 5) is 4.70. The van der Waals surface area contributed by atoms with Gasteiger partial charge in [0.05, 0.1) is 10.7 Å². The van der Waals surface area contributed by atoms with Crippen LogP contribution >= 0.6 is 11.6 Å². The molecule has 0 radical (unpaired) electrons. The summed E-state index contributed by atoms with van der Waals surface area (Å²) in [7, 11) is 0. The van der Waals surface area contributed by atoms with Gasteiger partial charge >= 0.3 is 0 Å². The maximum atomic E-state index is 6.15. The lowest BCUT2D eigenvalue weighted by molar-refractivity contribution is 0.992. The molecule has 0 aliphatic heterocycles. The Morgan fingerprint density at radius 1 is 1.00 bits per heavy atom. The van der Waals surface area contributed by atoms with Crippen LogP contribution < -0.4 is 0 Å². The molecule has 18 heavy (non-hydrogen) atoms. The molecular weight excluding hydrogens is 242 g/mol. The van der Waals surface area contributed by atoms with E-state index in [0.717, 1.165) is 24.2 Å². The normalized spacial score (nSPS) is 11.6. The largest absolute Gasteiger partial charge is 0.251 e. The Morgan fingerprint density at radius 2 is 1.67 bits per heavy atom. The van der Waals surface area contributed by atoms with E-state index in [-0.39, 0.29) is 0 Å². The van der Waals surface area contributed by atoms with Crippen LogP contribution in [-0.4, -0.2) is 5.71 Å². The van der Waals surface area contributed by atoms with Crippen molar-refractivity contribution in [3.8, 4) is 0 Å². The van der Waals surface area contributed by atoms with Crippen LogP contribution in [0, 0.1) is 0 Å². The number of rotatable bonds is 4. The van der Waals surface area contributed by atoms with Crippen molar-refractivity contribution in [1.82, 2.24) is 0 Å². The predicted octanol–water partition coefficient (Wildman–Crippen LogP) is 5.26. The Morgan fingerprint density at radius 3 is 2.33 bits per heavy atom. The fraction of sp³-hybridized carbons (Fsp3) is 0.188. The van der Waals surface area contributed by atoms with Crippen LogP contribution in [0.15, 0.2) is 59.6 Å². The summed E-state index contributed by atoms with van der Waals surface area (Å²) in [6, 6.07) is 18.0. The van der Waals surface area contributed by atoms with Crippen molar-refractivity contribution in [2.24, 2.45) is 4.99 Å². The van der Waals surface area contributed by atoms with E-state index >= 15 is 0 Å². The van der Waals surface area contributed by atoms with Gasteiger partial charge in [-0.1, -0.05) is 67.4 Å². The first-order valence-electron chi connectivity index (χ1n) is 6.18. The zero-order valence-electron chi connectivity index (χ0n) is 10.4. The third-order valence-corrected chi connectivity index (χ3v) is 3.02. The molecule has 0 spiro atoms. The molecule has 1 nitrogen and oxygen atoms in total. The van der Waals surface area contributed by atoms with E-state index in [4.69, 9.17) is 16.6 Å². The first-order chi connectivity index (χ1) is 8.81. The second-order valence-corrected chi connectivity index (χ2v) is 4.53. The van der Waals surface area contributed by atoms with E-state index in [0.29, 0.717) is 5.02 Å². The average molecular weight is 258 g/mol. The molecule has 2 heteroatoms. The predicted molar refractivity (Wildman–Crippen MR) is 79.0 cm³/mol. The Bertz CT molecular complexity index is 532. The number of hydrogen-bond acceptors (Lipinski definition) is 1. The highest BCUT2D eigenvalue weighted by Crippen LogP contribution is 2.25. The minimum atomic E-state index is 0.696. The van der Waals surface area contributed by atoms with Crippen molar-refractivity contribution in [1.29, 1.82) is 0 Å². The van der Waals surface area contributed by atoms with Gasteiger partial charge in [-0.15, -0.1) is 0 Å². The van der Waals surface area contributed by atoms with Crippen molar-refractivity contribution in [2.45, 2.75) is 19.8 Å². The molecule has 0 aromatic heterocycles. The smallest absolute Gasteiger partial charge is 0.0819 e. The van der Waals surface area contributed by atoms with E-state index in [1.165, 1.54) is 5.56 Å². The van der Waals surface area contributed by atoms with Gasteiger partial charge in [-0.25, -0.2) is 0 Å². The maximum absolute atomic E-state index is 6.15. The molecule has 0 aliphatic carbocycles. The molecule has 2 rings (SSSR count). The van der Waals surface area contributed by atoms with Crippen LogP contribution in [0.25, 0.3) is 0 Å². The molecule has 0 bridgehead atoms. The molecule has 0 saturated carbocycles. The van der Waals surface area contributed by atoms with Crippen LogP contribution in [0.5, 0.6) is 0 Å². The summed E-state index contributed by atoms with van der Waals surface area (Å²) in [5.74, 6) is 0. The van der Waals surface area contributed by atoms with Crippen molar-refractivity contribution in [2.75, 3.05) is 0 Å². The Balaban J connectivity index is 2.40. The minimum Gasteiger partial charge on any atom is -0.251 e. The molecule has 0 amide bonds. The molecule has 2 aromatic rings. The number of nitrogens with zero attached hydrogens (tertiary/aromatic N) is 1. The Hall–Kier alpha value is -1.60. The Labute approximate surface area is 113 Å². The number of halogens is 1. The van der Waals surface area contributed by atoms with Gasteiger partial charge in [0, 0.05) is 5.71 Å². The van der Waals surface area contributed by atoms with Gasteiger partial charge < -0.3 is 0 Å². The fourth-order valence-corrected chi connectivity index (χ4v) is 2.00. The van der Waals surface area contributed by atoms with Crippen LogP contribution in [-0.2, 0) is 0 Å². The molecule has 0 aliphatic rings. The molecule has 0 atom stereocenters. The van der Waals surface area contributed by atoms with Gasteiger partial charge in [-0.2, -0.15) is 0 Å². The van der Waals surface area contributed by atoms with Gasteiger partial charge in [-0.05, 0) is 24.1 Å². The van der Waals surface area contributed by atoms with Gasteiger partial charge in [0.1, 0.15) is 0 Å². The topological polar surface area (TPSA) is 12.4 Å². The van der Waals surface area contributed by atoms with Crippen LogP contribution in [0.3, 0.4) is 0 Å². The molecule has 0 saturated heterocycles. The van der Waals surface area contributed by atoms with E-state index in [1.54, 1.807) is 0 Å². The van der Waals surface area contributed by atoms with Gasteiger partial charge in [0.25, 0.3) is 0 Å². The summed E-state index contributed by atoms with van der Waals surface area (Å²) in [6.07, 6.45) is 2.02. The fourth-order valence-electron chi connectivity index (χ4n) is 1.82. The van der Waals surface area contributed by atoms with Gasteiger partial charge in [0.2, 0.25) is 0 Å². The van der Waals surface area contributed by atoms with Crippen molar-refractivity contribution in [3.63, 3.8) is 0 Å². The lowest BCUT2D eigenvalue weighted by atomic mass is 10.1. The van der Waals surface area contributed by atoms with E-state index < -0.39 is 0 Å². The van der Waals surface area contributed by atoms with E-state index in [1.807, 2.05) is 42.5 Å². The second kappa shape index (κ2) is 6.36. The highest BCUT2D eigenvalue weighted by molar-refractivity contribution is 6.33. The van der Waals surface area contributed by atoms with Gasteiger partial charge in [-0.3, -0.25) is 4.99 Å². The van der Waals surface area contributed by atoms with E-state index in [9.17, 15) is 0 Å². The summed E-state index contributed by atoms with van der Waals surface area (Å²) >= 11 is 6.15. The zero-order chi connectivity index (χ0) is 12.8. The highest BCUT2D eigenvalue weighted by atomic mass is 35.5. The molecular formula is C16H16ClN. The summed E-state index contributed by atoms with van der Waals surface area (Å²) in [5.41, 5.74) is 3.09. The van der Waals surface area contributed by atoms with Crippen molar-refractivity contribution in [3.05, 3.63) is 65.2 Å². The SMILES string of the molecule is CCC/C(=N/c1ccccc1Cl)c1ccccc1. The minimum absolute atomic E-state index is 0.696. The third-order valence-electron chi connectivity index (χ3n) is 2.70. The second-order valence-electron chi connectivity index (χ2n) is 4.13. The first-order valence-corrected chi connectivity index (χ1v) is 6.56. The van der Waals surface area contributed by atoms with E-state index in [2.05, 4.69) is 19.1 Å². The molecule has 92 valence electrons. The lowest BCUT2D eigenvalue weighted by Crippen LogP contribution is -1.99. The molecule has 0 heterocycles. The maximum Gasteiger partial charge on any atom is 0.0819 e. The standard InChI is InChI=1S/C16H16ClN/c1-2-8-15(13-9-4-3-5-10-13)18-16-12-7-6-11-14(16)17/h3-7,9-12H,2,8H2,1H3/b18-15-. The van der Waals surface area contributed by atoms with Gasteiger partial charge in [0.15, 0.2) is 0 Å². The Kier molecular flexibility index (Phi) is 4.54. The van der Waals surface area contributed by atoms with Crippen LogP contribution in [0.4, 0.5) is 5.69 Å². The molecule has 2 aromatic carbocycles. The molecule has 0 N–H and O–H groups in total. The summed E-state index contributed by atoms with van der Waals surface area (Å²) in [5, 5.41) is 0.696. The summed E-state index contributed by atoms with van der Waals surface area (Å²) in [6.45, 7) is 2.16. The molecule has 0 fully saturated rings. The average Bonchev–Trinajstić information content (AvgIpc) is 2.42. The number of benzene rings is 2. The monoisotopic (exact) mass is 257 g/mol. The van der Waals surface area contributed by atoms with Crippen LogP contribution in [0.1, 0.15) is 25.3 Å². The summed E-state index contributed by atoms with van der Waals surface area (Å²) < 4.78 is 0. The molecule has 0 unspecified atom stereocenters. The van der Waals surface area contributed by atoms with Crippen molar-refractivity contribution >= 4 is 23.0 Å².